The molecular weight excluding hydrogens is 239 g/mol. The van der Waals surface area contributed by atoms with Crippen LogP contribution >= 0.6 is 0 Å². The van der Waals surface area contributed by atoms with E-state index in [2.05, 4.69) is 0 Å². The molecule has 0 N–H and O–H groups in total. The first-order chi connectivity index (χ1) is 9.29. The minimum Gasteiger partial charge on any atom is -0.489 e. The molecule has 0 amide bonds. The summed E-state index contributed by atoms with van der Waals surface area (Å²) in [6, 6.07) is 16.1. The Kier molecular flexibility index (Phi) is 4.96. The quantitative estimate of drug-likeness (QED) is 0.742. The van der Waals surface area contributed by atoms with Crippen molar-refractivity contribution in [3.05, 3.63) is 65.2 Å². The first kappa shape index (κ1) is 13.6. The van der Waals surface area contributed by atoms with Gasteiger partial charge in [0.05, 0.1) is 6.67 Å². The molecule has 1 nitrogen and oxygen atoms in total. The van der Waals surface area contributed by atoms with Gasteiger partial charge in [0.25, 0.3) is 0 Å². The second-order valence-corrected chi connectivity index (χ2v) is 4.66. The Balaban J connectivity index is 1.96. The van der Waals surface area contributed by atoms with Gasteiger partial charge in [-0.15, -0.1) is 0 Å². The van der Waals surface area contributed by atoms with Crippen LogP contribution in [0.15, 0.2) is 48.5 Å². The molecular formula is C17H19FO. The summed E-state index contributed by atoms with van der Waals surface area (Å²) < 4.78 is 17.9. The van der Waals surface area contributed by atoms with Gasteiger partial charge in [0.15, 0.2) is 0 Å². The monoisotopic (exact) mass is 258 g/mol. The molecule has 2 rings (SSSR count). The highest BCUT2D eigenvalue weighted by Crippen LogP contribution is 2.19. The van der Waals surface area contributed by atoms with Crippen molar-refractivity contribution in [2.24, 2.45) is 0 Å². The minimum atomic E-state index is -0.258. The van der Waals surface area contributed by atoms with Gasteiger partial charge in [0.1, 0.15) is 12.4 Å². The number of alkyl halides is 1. The fraction of sp³-hybridized carbons (Fsp3) is 0.294. The highest BCUT2D eigenvalue weighted by Gasteiger charge is 2.01. The van der Waals surface area contributed by atoms with E-state index in [0.717, 1.165) is 17.7 Å². The van der Waals surface area contributed by atoms with E-state index in [-0.39, 0.29) is 6.67 Å². The summed E-state index contributed by atoms with van der Waals surface area (Å²) in [5.41, 5.74) is 3.52. The molecule has 0 heterocycles. The molecule has 0 fully saturated rings. The largest absolute Gasteiger partial charge is 0.489 e. The van der Waals surface area contributed by atoms with Crippen LogP contribution < -0.4 is 4.74 Å². The maximum atomic E-state index is 12.2. The van der Waals surface area contributed by atoms with Gasteiger partial charge in [-0.05, 0) is 48.6 Å². The molecule has 0 atom stereocenters. The van der Waals surface area contributed by atoms with Gasteiger partial charge in [-0.3, -0.25) is 4.39 Å². The summed E-state index contributed by atoms with van der Waals surface area (Å²) in [4.78, 5) is 0. The lowest BCUT2D eigenvalue weighted by Crippen LogP contribution is -1.97. The Bertz CT molecular complexity index is 508. The molecule has 0 aromatic heterocycles. The maximum Gasteiger partial charge on any atom is 0.120 e. The maximum absolute atomic E-state index is 12.2. The summed E-state index contributed by atoms with van der Waals surface area (Å²) in [7, 11) is 0. The number of hydrogen-bond acceptors (Lipinski definition) is 1. The van der Waals surface area contributed by atoms with Gasteiger partial charge >= 0.3 is 0 Å². The molecule has 19 heavy (non-hydrogen) atoms. The number of hydrogen-bond donors (Lipinski definition) is 0. The zero-order chi connectivity index (χ0) is 13.5. The Morgan fingerprint density at radius 2 is 1.84 bits per heavy atom. The van der Waals surface area contributed by atoms with E-state index in [4.69, 9.17) is 4.74 Å². The molecule has 0 aliphatic rings. The topological polar surface area (TPSA) is 9.23 Å². The van der Waals surface area contributed by atoms with E-state index in [0.29, 0.717) is 13.0 Å². The summed E-state index contributed by atoms with van der Waals surface area (Å²) >= 11 is 0. The Morgan fingerprint density at radius 1 is 1.05 bits per heavy atom. The fourth-order valence-corrected chi connectivity index (χ4v) is 2.04. The van der Waals surface area contributed by atoms with Gasteiger partial charge in [0, 0.05) is 0 Å². The normalized spacial score (nSPS) is 10.4. The van der Waals surface area contributed by atoms with Crippen LogP contribution in [-0.2, 0) is 13.0 Å². The molecule has 2 aromatic rings. The molecule has 2 aromatic carbocycles. The summed E-state index contributed by atoms with van der Waals surface area (Å²) in [6.07, 6.45) is 1.38. The average Bonchev–Trinajstić information content (AvgIpc) is 2.45. The van der Waals surface area contributed by atoms with Crippen molar-refractivity contribution in [2.75, 3.05) is 6.67 Å². The van der Waals surface area contributed by atoms with Gasteiger partial charge < -0.3 is 4.74 Å². The lowest BCUT2D eigenvalue weighted by Gasteiger charge is -2.10. The molecule has 0 unspecified atom stereocenters. The minimum absolute atomic E-state index is 0.258. The Morgan fingerprint density at radius 3 is 2.53 bits per heavy atom. The van der Waals surface area contributed by atoms with Crippen LogP contribution in [0.2, 0.25) is 0 Å². The molecule has 0 spiro atoms. The van der Waals surface area contributed by atoms with Crippen LogP contribution in [0, 0.1) is 6.92 Å². The van der Waals surface area contributed by atoms with E-state index in [1.54, 1.807) is 0 Å². The standard InChI is InChI=1S/C17H19FO/c1-14-12-17(10-9-16(14)8-5-11-18)19-13-15-6-3-2-4-7-15/h2-4,6-7,9-10,12H,5,8,11,13H2,1H3. The average molecular weight is 258 g/mol. The van der Waals surface area contributed by atoms with E-state index < -0.39 is 0 Å². The smallest absolute Gasteiger partial charge is 0.120 e. The highest BCUT2D eigenvalue weighted by molar-refractivity contribution is 5.35. The Labute approximate surface area is 114 Å². The number of aryl methyl sites for hydroxylation is 2. The second kappa shape index (κ2) is 6.93. The van der Waals surface area contributed by atoms with Gasteiger partial charge in [0.2, 0.25) is 0 Å². The van der Waals surface area contributed by atoms with Crippen molar-refractivity contribution >= 4 is 0 Å². The van der Waals surface area contributed by atoms with Crippen molar-refractivity contribution in [3.63, 3.8) is 0 Å². The fourth-order valence-electron chi connectivity index (χ4n) is 2.04. The van der Waals surface area contributed by atoms with E-state index in [1.807, 2.05) is 55.5 Å². The highest BCUT2D eigenvalue weighted by atomic mass is 19.1. The molecule has 0 saturated carbocycles. The second-order valence-electron chi connectivity index (χ2n) is 4.66. The molecule has 100 valence electrons. The van der Waals surface area contributed by atoms with Gasteiger partial charge in [-0.2, -0.15) is 0 Å². The van der Waals surface area contributed by atoms with Crippen LogP contribution in [0.3, 0.4) is 0 Å². The SMILES string of the molecule is Cc1cc(OCc2ccccc2)ccc1CCCF. The zero-order valence-electron chi connectivity index (χ0n) is 11.2. The van der Waals surface area contributed by atoms with Crippen molar-refractivity contribution in [1.29, 1.82) is 0 Å². The van der Waals surface area contributed by atoms with Crippen LogP contribution in [-0.4, -0.2) is 6.67 Å². The summed E-state index contributed by atoms with van der Waals surface area (Å²) in [5.74, 6) is 0.866. The van der Waals surface area contributed by atoms with Crippen LogP contribution in [0.5, 0.6) is 5.75 Å². The third-order valence-corrected chi connectivity index (χ3v) is 3.14. The van der Waals surface area contributed by atoms with Crippen LogP contribution in [0.4, 0.5) is 4.39 Å². The van der Waals surface area contributed by atoms with Crippen molar-refractivity contribution < 1.29 is 9.13 Å². The van der Waals surface area contributed by atoms with Crippen molar-refractivity contribution in [3.8, 4) is 5.75 Å². The lowest BCUT2D eigenvalue weighted by atomic mass is 10.0. The predicted octanol–water partition coefficient (Wildman–Crippen LogP) is 4.48. The first-order valence-corrected chi connectivity index (χ1v) is 6.62. The predicted molar refractivity (Wildman–Crippen MR) is 76.2 cm³/mol. The molecule has 0 bridgehead atoms. The lowest BCUT2D eigenvalue weighted by molar-refractivity contribution is 0.306. The van der Waals surface area contributed by atoms with E-state index in [9.17, 15) is 4.39 Å². The van der Waals surface area contributed by atoms with Gasteiger partial charge in [-0.25, -0.2) is 0 Å². The van der Waals surface area contributed by atoms with E-state index in [1.165, 1.54) is 11.1 Å². The zero-order valence-corrected chi connectivity index (χ0v) is 11.2. The molecule has 2 heteroatoms. The third-order valence-electron chi connectivity index (χ3n) is 3.14. The summed E-state index contributed by atoms with van der Waals surface area (Å²) in [6.45, 7) is 2.36. The molecule has 0 aliphatic carbocycles. The van der Waals surface area contributed by atoms with Crippen molar-refractivity contribution in [2.45, 2.75) is 26.4 Å². The van der Waals surface area contributed by atoms with Crippen LogP contribution in [0.1, 0.15) is 23.1 Å². The van der Waals surface area contributed by atoms with E-state index >= 15 is 0 Å². The number of halogens is 1. The van der Waals surface area contributed by atoms with Crippen molar-refractivity contribution in [1.82, 2.24) is 0 Å². The molecule has 0 radical (unpaired) electrons. The first-order valence-electron chi connectivity index (χ1n) is 6.62. The Hall–Kier alpha value is -1.83. The number of ether oxygens (including phenoxy) is 1. The van der Waals surface area contributed by atoms with Crippen LogP contribution in [0.25, 0.3) is 0 Å². The third kappa shape index (κ3) is 4.09. The number of benzene rings is 2. The summed E-state index contributed by atoms with van der Waals surface area (Å²) in [5, 5.41) is 0. The molecule has 0 saturated heterocycles. The van der Waals surface area contributed by atoms with Gasteiger partial charge in [-0.1, -0.05) is 36.4 Å². The molecule has 0 aliphatic heterocycles. The number of rotatable bonds is 6.